The fourth-order valence-corrected chi connectivity index (χ4v) is 3.89. The van der Waals surface area contributed by atoms with Crippen molar-refractivity contribution in [1.82, 2.24) is 10.6 Å². The summed E-state index contributed by atoms with van der Waals surface area (Å²) in [5, 5.41) is 6.60. The van der Waals surface area contributed by atoms with Gasteiger partial charge in [-0.05, 0) is 58.2 Å². The number of hydrogen-bond acceptors (Lipinski definition) is 4. The molecule has 2 rings (SSSR count). The fraction of sp³-hybridized carbons (Fsp3) is 0.682. The highest BCUT2D eigenvalue weighted by Gasteiger charge is 2.17. The van der Waals surface area contributed by atoms with E-state index >= 15 is 0 Å². The third-order valence-corrected chi connectivity index (χ3v) is 5.46. The van der Waals surface area contributed by atoms with Crippen molar-refractivity contribution >= 4 is 21.8 Å². The molecule has 0 heterocycles. The van der Waals surface area contributed by atoms with E-state index in [-0.39, 0.29) is 18.1 Å². The van der Waals surface area contributed by atoms with Crippen molar-refractivity contribution in [2.75, 3.05) is 13.2 Å². The van der Waals surface area contributed by atoms with Crippen LogP contribution < -0.4 is 20.1 Å². The summed E-state index contributed by atoms with van der Waals surface area (Å²) in [5.74, 6) is 1.10. The van der Waals surface area contributed by atoms with E-state index in [0.717, 1.165) is 16.6 Å². The van der Waals surface area contributed by atoms with Crippen molar-refractivity contribution in [3.05, 3.63) is 22.2 Å². The van der Waals surface area contributed by atoms with Crippen LogP contribution in [0.5, 0.6) is 11.5 Å². The minimum absolute atomic E-state index is 0.0382. The second-order valence-electron chi connectivity index (χ2n) is 8.48. The minimum Gasteiger partial charge on any atom is -0.490 e. The first-order valence-corrected chi connectivity index (χ1v) is 11.2. The summed E-state index contributed by atoms with van der Waals surface area (Å²) in [4.78, 5) is 12.1. The van der Waals surface area contributed by atoms with Gasteiger partial charge in [-0.3, -0.25) is 4.79 Å². The van der Waals surface area contributed by atoms with E-state index in [2.05, 4.69) is 26.6 Å². The SMILES string of the molecule is CCOc1cc(CNC2CCCCCC2)c(Br)cc1OCC(=O)NC(C)(C)C. The van der Waals surface area contributed by atoms with Gasteiger partial charge in [0.15, 0.2) is 18.1 Å². The van der Waals surface area contributed by atoms with Crippen LogP contribution in [-0.2, 0) is 11.3 Å². The molecule has 158 valence electrons. The third-order valence-electron chi connectivity index (χ3n) is 4.72. The van der Waals surface area contributed by atoms with Crippen molar-refractivity contribution in [3.8, 4) is 11.5 Å². The molecule has 1 aliphatic carbocycles. The van der Waals surface area contributed by atoms with Crippen molar-refractivity contribution in [2.24, 2.45) is 0 Å². The van der Waals surface area contributed by atoms with E-state index in [9.17, 15) is 4.79 Å². The van der Waals surface area contributed by atoms with Gasteiger partial charge in [0.25, 0.3) is 5.91 Å². The number of benzene rings is 1. The second kappa shape index (κ2) is 11.1. The van der Waals surface area contributed by atoms with Crippen LogP contribution in [0.15, 0.2) is 16.6 Å². The van der Waals surface area contributed by atoms with E-state index in [1.807, 2.05) is 39.8 Å². The molecule has 1 aliphatic rings. The largest absolute Gasteiger partial charge is 0.490 e. The van der Waals surface area contributed by atoms with Crippen LogP contribution in [0, 0.1) is 0 Å². The number of nitrogens with one attached hydrogen (secondary N) is 2. The van der Waals surface area contributed by atoms with Gasteiger partial charge in [-0.2, -0.15) is 0 Å². The average molecular weight is 455 g/mol. The van der Waals surface area contributed by atoms with Gasteiger partial charge >= 0.3 is 0 Å². The lowest BCUT2D eigenvalue weighted by atomic mass is 10.1. The maximum Gasteiger partial charge on any atom is 0.258 e. The third kappa shape index (κ3) is 8.00. The highest BCUT2D eigenvalue weighted by Crippen LogP contribution is 2.34. The first kappa shape index (κ1) is 23.0. The fourth-order valence-electron chi connectivity index (χ4n) is 3.43. The Morgan fingerprint density at radius 3 is 2.36 bits per heavy atom. The molecule has 0 radical (unpaired) electrons. The molecule has 0 aromatic heterocycles. The monoisotopic (exact) mass is 454 g/mol. The molecule has 1 saturated carbocycles. The molecular weight excluding hydrogens is 420 g/mol. The van der Waals surface area contributed by atoms with Gasteiger partial charge < -0.3 is 20.1 Å². The Morgan fingerprint density at radius 2 is 1.75 bits per heavy atom. The summed E-state index contributed by atoms with van der Waals surface area (Å²) in [5.41, 5.74) is 0.858. The number of carbonyl (C=O) groups is 1. The van der Waals surface area contributed by atoms with Crippen molar-refractivity contribution in [2.45, 2.75) is 84.3 Å². The van der Waals surface area contributed by atoms with Gasteiger partial charge in [-0.15, -0.1) is 0 Å². The minimum atomic E-state index is -0.280. The Kier molecular flexibility index (Phi) is 9.09. The van der Waals surface area contributed by atoms with Gasteiger partial charge in [-0.25, -0.2) is 0 Å². The second-order valence-corrected chi connectivity index (χ2v) is 9.33. The van der Waals surface area contributed by atoms with Crippen molar-refractivity contribution < 1.29 is 14.3 Å². The maximum atomic E-state index is 12.1. The molecule has 0 unspecified atom stereocenters. The zero-order valence-electron chi connectivity index (χ0n) is 17.7. The standard InChI is InChI=1S/C22H35BrN2O3/c1-5-27-19-12-16(14-24-17-10-8-6-7-9-11-17)18(23)13-20(19)28-15-21(26)25-22(2,3)4/h12-13,17,24H,5-11,14-15H2,1-4H3,(H,25,26). The predicted octanol–water partition coefficient (Wildman–Crippen LogP) is 4.95. The Balaban J connectivity index is 2.02. The van der Waals surface area contributed by atoms with E-state index in [4.69, 9.17) is 9.47 Å². The van der Waals surface area contributed by atoms with Gasteiger partial charge in [0.05, 0.1) is 6.61 Å². The summed E-state index contributed by atoms with van der Waals surface area (Å²) >= 11 is 3.65. The van der Waals surface area contributed by atoms with Crippen LogP contribution in [0.25, 0.3) is 0 Å². The Bertz CT molecular complexity index is 635. The number of rotatable bonds is 8. The molecule has 5 nitrogen and oxygen atoms in total. The summed E-state index contributed by atoms with van der Waals surface area (Å²) in [7, 11) is 0. The van der Waals surface area contributed by atoms with Crippen LogP contribution in [0.3, 0.4) is 0 Å². The average Bonchev–Trinajstić information content (AvgIpc) is 2.88. The molecule has 0 bridgehead atoms. The lowest BCUT2D eigenvalue weighted by molar-refractivity contribution is -0.124. The van der Waals surface area contributed by atoms with E-state index in [1.54, 1.807) is 0 Å². The predicted molar refractivity (Wildman–Crippen MR) is 117 cm³/mol. The quantitative estimate of drug-likeness (QED) is 0.545. The number of ether oxygens (including phenoxy) is 2. The molecule has 1 aromatic rings. The van der Waals surface area contributed by atoms with E-state index in [0.29, 0.717) is 24.1 Å². The summed E-state index contributed by atoms with van der Waals surface area (Å²) in [6, 6.07) is 4.50. The van der Waals surface area contributed by atoms with Crippen molar-refractivity contribution in [3.63, 3.8) is 0 Å². The molecule has 0 aliphatic heterocycles. The summed E-state index contributed by atoms with van der Waals surface area (Å²) in [6.45, 7) is 9.08. The van der Waals surface area contributed by atoms with Crippen molar-refractivity contribution in [1.29, 1.82) is 0 Å². The highest BCUT2D eigenvalue weighted by atomic mass is 79.9. The van der Waals surface area contributed by atoms with Crippen LogP contribution in [0.4, 0.5) is 0 Å². The lowest BCUT2D eigenvalue weighted by Crippen LogP contribution is -2.43. The first-order valence-electron chi connectivity index (χ1n) is 10.4. The molecule has 6 heteroatoms. The molecule has 0 saturated heterocycles. The molecule has 1 fully saturated rings. The Labute approximate surface area is 178 Å². The van der Waals surface area contributed by atoms with E-state index in [1.165, 1.54) is 38.5 Å². The number of halogens is 1. The van der Waals surface area contributed by atoms with Crippen LogP contribution >= 0.6 is 15.9 Å². The Morgan fingerprint density at radius 1 is 1.11 bits per heavy atom. The zero-order chi connectivity index (χ0) is 20.6. The smallest absolute Gasteiger partial charge is 0.258 e. The van der Waals surface area contributed by atoms with Gasteiger partial charge in [-0.1, -0.05) is 41.6 Å². The van der Waals surface area contributed by atoms with Gasteiger partial charge in [0, 0.05) is 22.6 Å². The number of carbonyl (C=O) groups excluding carboxylic acids is 1. The molecule has 0 atom stereocenters. The molecule has 1 aromatic carbocycles. The van der Waals surface area contributed by atoms with Crippen LogP contribution in [0.2, 0.25) is 0 Å². The maximum absolute atomic E-state index is 12.1. The van der Waals surface area contributed by atoms with Crippen LogP contribution in [0.1, 0.15) is 71.8 Å². The normalized spacial score (nSPS) is 15.8. The zero-order valence-corrected chi connectivity index (χ0v) is 19.3. The highest BCUT2D eigenvalue weighted by molar-refractivity contribution is 9.10. The molecular formula is C22H35BrN2O3. The molecule has 2 N–H and O–H groups in total. The van der Waals surface area contributed by atoms with E-state index < -0.39 is 0 Å². The van der Waals surface area contributed by atoms with Gasteiger partial charge in [0.1, 0.15) is 0 Å². The molecule has 0 spiro atoms. The summed E-state index contributed by atoms with van der Waals surface area (Å²) < 4.78 is 12.5. The van der Waals surface area contributed by atoms with Crippen LogP contribution in [-0.4, -0.2) is 30.7 Å². The Hall–Kier alpha value is -1.27. The molecule has 28 heavy (non-hydrogen) atoms. The summed E-state index contributed by atoms with van der Waals surface area (Å²) in [6.07, 6.45) is 7.83. The van der Waals surface area contributed by atoms with Gasteiger partial charge in [0.2, 0.25) is 0 Å². The lowest BCUT2D eigenvalue weighted by Gasteiger charge is -2.21. The number of hydrogen-bond donors (Lipinski definition) is 2. The first-order chi connectivity index (χ1) is 13.3. The topological polar surface area (TPSA) is 59.6 Å². The molecule has 1 amide bonds. The number of amides is 1.